The molecule has 5 N–H and O–H groups in total. The molecule has 2 aromatic carbocycles. The van der Waals surface area contributed by atoms with Gasteiger partial charge in [0.05, 0.1) is 5.69 Å². The highest BCUT2D eigenvalue weighted by Crippen LogP contribution is 2.52. The summed E-state index contributed by atoms with van der Waals surface area (Å²) in [5.41, 5.74) is -0.00691. The van der Waals surface area contributed by atoms with E-state index in [0.29, 0.717) is 61.4 Å². The number of carboxylic acid groups (broad SMARTS) is 2. The Hall–Kier alpha value is -5.94. The van der Waals surface area contributed by atoms with Gasteiger partial charge in [-0.3, -0.25) is 19.8 Å². The maximum atomic E-state index is 15.0. The standard InChI is InChI=1S/C35H41F2N7O4.C4H4O4/c1-42-16-18-43(19-17-42)26-9-14-44(15-10-26)34(47)41-31-21-28(8-13-38-31)48-27-6-7-30(29(37)20-27)40-33(46)23-35(11-12-35)22-32(45)39-25-4-2-24(36)3-5-25;5-3(6)1-2-4(7)8/h2-8,13,20-21,26H,9-12,14-19,22-23H2,1H3,(H,39,45)(H,40,46)(H,38,41,47);1-2H,(H,5,6)(H,7,8)/b;2-1-. The van der Waals surface area contributed by atoms with Crippen molar-refractivity contribution in [3.8, 4) is 11.5 Å². The number of amides is 4. The van der Waals surface area contributed by atoms with E-state index in [1.165, 1.54) is 48.7 Å². The molecule has 2 saturated heterocycles. The molecule has 1 aromatic heterocycles. The number of carboxylic acids is 2. The molecule has 3 fully saturated rings. The van der Waals surface area contributed by atoms with Crippen molar-refractivity contribution >= 4 is 47.0 Å². The lowest BCUT2D eigenvalue weighted by molar-refractivity contribution is -0.134. The van der Waals surface area contributed by atoms with Gasteiger partial charge in [-0.1, -0.05) is 0 Å². The van der Waals surface area contributed by atoms with Crippen molar-refractivity contribution in [2.45, 2.75) is 44.6 Å². The molecule has 2 aliphatic heterocycles. The van der Waals surface area contributed by atoms with Gasteiger partial charge in [-0.15, -0.1) is 0 Å². The zero-order chi connectivity index (χ0) is 40.2. The Morgan fingerprint density at radius 3 is 2.00 bits per heavy atom. The maximum absolute atomic E-state index is 15.0. The van der Waals surface area contributed by atoms with Crippen molar-refractivity contribution in [3.05, 3.63) is 84.6 Å². The quantitative estimate of drug-likeness (QED) is 0.151. The lowest BCUT2D eigenvalue weighted by Crippen LogP contribution is -2.53. The van der Waals surface area contributed by atoms with Crippen LogP contribution in [0.15, 0.2) is 72.9 Å². The average molecular weight is 778 g/mol. The fraction of sp³-hybridized carbons (Fsp3) is 0.385. The van der Waals surface area contributed by atoms with Crippen molar-refractivity contribution in [2.24, 2.45) is 5.41 Å². The summed E-state index contributed by atoms with van der Waals surface area (Å²) in [6.45, 7) is 5.63. The van der Waals surface area contributed by atoms with Crippen LogP contribution in [-0.2, 0) is 19.2 Å². The lowest BCUT2D eigenvalue weighted by Gasteiger charge is -2.42. The number of halogens is 2. The number of pyridine rings is 1. The third-order valence-corrected chi connectivity index (χ3v) is 9.75. The Bertz CT molecular complexity index is 1890. The van der Waals surface area contributed by atoms with Crippen LogP contribution in [-0.4, -0.2) is 112 Å². The highest BCUT2D eigenvalue weighted by Gasteiger charge is 2.46. The van der Waals surface area contributed by atoms with E-state index >= 15 is 0 Å². The minimum atomic E-state index is -1.26. The van der Waals surface area contributed by atoms with Gasteiger partial charge >= 0.3 is 18.0 Å². The molecular formula is C39H45F2N7O8. The van der Waals surface area contributed by atoms with Gasteiger partial charge in [0.2, 0.25) is 11.8 Å². The van der Waals surface area contributed by atoms with Crippen LogP contribution in [0.5, 0.6) is 11.5 Å². The van der Waals surface area contributed by atoms with Crippen LogP contribution in [0.3, 0.4) is 0 Å². The molecule has 3 aliphatic rings. The van der Waals surface area contributed by atoms with Crippen LogP contribution in [0.1, 0.15) is 38.5 Å². The molecule has 1 saturated carbocycles. The van der Waals surface area contributed by atoms with E-state index in [9.17, 15) is 32.8 Å². The van der Waals surface area contributed by atoms with Crippen LogP contribution in [0.25, 0.3) is 0 Å². The number of urea groups is 1. The second-order valence-electron chi connectivity index (χ2n) is 14.1. The first kappa shape index (κ1) is 41.2. The number of rotatable bonds is 12. The van der Waals surface area contributed by atoms with E-state index in [1.54, 1.807) is 17.0 Å². The van der Waals surface area contributed by atoms with Crippen LogP contribution in [0.2, 0.25) is 0 Å². The Morgan fingerprint density at radius 1 is 0.804 bits per heavy atom. The third kappa shape index (κ3) is 12.8. The number of piperidine rings is 1. The van der Waals surface area contributed by atoms with Crippen molar-refractivity contribution in [1.82, 2.24) is 19.7 Å². The number of carbonyl (C=O) groups excluding carboxylic acids is 3. The van der Waals surface area contributed by atoms with Gasteiger partial charge in [0.15, 0.2) is 0 Å². The first-order valence-corrected chi connectivity index (χ1v) is 18.2. The Labute approximate surface area is 322 Å². The number of anilines is 3. The Morgan fingerprint density at radius 2 is 1.41 bits per heavy atom. The average Bonchev–Trinajstić information content (AvgIpc) is 3.91. The van der Waals surface area contributed by atoms with E-state index < -0.39 is 34.9 Å². The molecule has 1 aliphatic carbocycles. The molecule has 4 amide bonds. The van der Waals surface area contributed by atoms with Crippen LogP contribution in [0.4, 0.5) is 30.8 Å². The summed E-state index contributed by atoms with van der Waals surface area (Å²) in [4.78, 5) is 68.3. The fourth-order valence-electron chi connectivity index (χ4n) is 6.50. The predicted molar refractivity (Wildman–Crippen MR) is 202 cm³/mol. The zero-order valence-electron chi connectivity index (χ0n) is 30.9. The molecule has 0 unspecified atom stereocenters. The highest BCUT2D eigenvalue weighted by atomic mass is 19.1. The summed E-state index contributed by atoms with van der Waals surface area (Å²) in [6.07, 6.45) is 6.11. The number of likely N-dealkylation sites (N-methyl/N-ethyl adjacent to an activating group) is 1. The van der Waals surface area contributed by atoms with E-state index in [0.717, 1.165) is 39.0 Å². The molecule has 56 heavy (non-hydrogen) atoms. The Kier molecular flexibility index (Phi) is 14.0. The monoisotopic (exact) mass is 777 g/mol. The second kappa shape index (κ2) is 19.1. The molecule has 0 atom stereocenters. The number of benzene rings is 2. The normalized spacial score (nSPS) is 16.9. The van der Waals surface area contributed by atoms with E-state index in [4.69, 9.17) is 14.9 Å². The zero-order valence-corrected chi connectivity index (χ0v) is 30.9. The van der Waals surface area contributed by atoms with Crippen LogP contribution in [0, 0.1) is 17.0 Å². The SMILES string of the molecule is CN1CCN(C2CCN(C(=O)Nc3cc(Oc4ccc(NC(=O)CC5(CC(=O)Nc6ccc(F)cc6)CC5)c(F)c4)ccn3)CC2)CC1.O=C(O)/C=C\C(=O)O. The summed E-state index contributed by atoms with van der Waals surface area (Å²) in [7, 11) is 2.15. The first-order valence-electron chi connectivity index (χ1n) is 18.2. The molecule has 3 aromatic rings. The number of nitrogens with one attached hydrogen (secondary N) is 3. The van der Waals surface area contributed by atoms with Gasteiger partial charge in [-0.25, -0.2) is 28.1 Å². The number of piperazine rings is 1. The number of likely N-dealkylation sites (tertiary alicyclic amines) is 1. The molecule has 15 nitrogen and oxygen atoms in total. The second-order valence-corrected chi connectivity index (χ2v) is 14.1. The number of hydrogen-bond donors (Lipinski definition) is 5. The predicted octanol–water partition coefficient (Wildman–Crippen LogP) is 5.25. The number of aliphatic carboxylic acids is 2. The van der Waals surface area contributed by atoms with Crippen LogP contribution < -0.4 is 20.7 Å². The summed E-state index contributed by atoms with van der Waals surface area (Å²) < 4.78 is 34.0. The van der Waals surface area contributed by atoms with Gasteiger partial charge < -0.3 is 35.4 Å². The van der Waals surface area contributed by atoms with Gasteiger partial charge in [-0.05, 0) is 80.6 Å². The number of hydrogen-bond acceptors (Lipinski definition) is 9. The first-order chi connectivity index (χ1) is 26.8. The molecule has 0 bridgehead atoms. The summed E-state index contributed by atoms with van der Waals surface area (Å²) in [5.74, 6) is -3.36. The van der Waals surface area contributed by atoms with Crippen molar-refractivity contribution in [2.75, 3.05) is 62.3 Å². The summed E-state index contributed by atoms with van der Waals surface area (Å²) >= 11 is 0. The molecule has 6 rings (SSSR count). The smallest absolute Gasteiger partial charge is 0.328 e. The number of aromatic nitrogens is 1. The summed E-state index contributed by atoms with van der Waals surface area (Å²) in [5, 5.41) is 23.8. The van der Waals surface area contributed by atoms with E-state index in [-0.39, 0.29) is 36.2 Å². The van der Waals surface area contributed by atoms with Crippen molar-refractivity contribution < 1.29 is 47.7 Å². The molecule has 0 spiro atoms. The highest BCUT2D eigenvalue weighted by molar-refractivity contribution is 5.94. The molecule has 17 heteroatoms. The topological polar surface area (TPSA) is 194 Å². The Balaban J connectivity index is 0.000000677. The minimum Gasteiger partial charge on any atom is -0.478 e. The molecule has 3 heterocycles. The largest absolute Gasteiger partial charge is 0.478 e. The van der Waals surface area contributed by atoms with Gasteiger partial charge in [-0.2, -0.15) is 0 Å². The molecule has 298 valence electrons. The number of carbonyl (C=O) groups is 5. The van der Waals surface area contributed by atoms with E-state index in [2.05, 4.69) is 37.8 Å². The van der Waals surface area contributed by atoms with Crippen molar-refractivity contribution in [1.29, 1.82) is 0 Å². The van der Waals surface area contributed by atoms with Gasteiger partial charge in [0.1, 0.15) is 29.0 Å². The van der Waals surface area contributed by atoms with Gasteiger partial charge in [0.25, 0.3) is 0 Å². The molecular weight excluding hydrogens is 732 g/mol. The third-order valence-electron chi connectivity index (χ3n) is 9.75. The lowest BCUT2D eigenvalue weighted by atomic mass is 9.97. The summed E-state index contributed by atoms with van der Waals surface area (Å²) in [6, 6.07) is 13.0. The fourth-order valence-corrected chi connectivity index (χ4v) is 6.50. The van der Waals surface area contributed by atoms with Crippen LogP contribution >= 0.6 is 0 Å². The van der Waals surface area contributed by atoms with E-state index in [1.807, 2.05) is 0 Å². The number of nitrogens with zero attached hydrogens (tertiary/aromatic N) is 4. The minimum absolute atomic E-state index is 0.00186. The van der Waals surface area contributed by atoms with Crippen molar-refractivity contribution in [3.63, 3.8) is 0 Å². The maximum Gasteiger partial charge on any atom is 0.328 e. The molecule has 0 radical (unpaired) electrons. The van der Waals surface area contributed by atoms with Gasteiger partial charge in [0, 0.05) is 94.3 Å². The number of ether oxygens (including phenoxy) is 1.